The highest BCUT2D eigenvalue weighted by atomic mass is 35.5. The Morgan fingerprint density at radius 1 is 1.21 bits per heavy atom. The van der Waals surface area contributed by atoms with Gasteiger partial charge in [0.1, 0.15) is 11.5 Å². The van der Waals surface area contributed by atoms with E-state index in [0.717, 1.165) is 30.9 Å². The van der Waals surface area contributed by atoms with Crippen LogP contribution in [0.15, 0.2) is 42.5 Å². The first-order chi connectivity index (χ1) is 13.1. The van der Waals surface area contributed by atoms with Gasteiger partial charge < -0.3 is 20.1 Å². The molecule has 1 fully saturated rings. The number of halogens is 2. The van der Waals surface area contributed by atoms with Crippen molar-refractivity contribution < 1.29 is 14.3 Å². The number of amides is 1. The molecule has 6 nitrogen and oxygen atoms in total. The fraction of sp³-hybridized carbons (Fsp3) is 0.350. The highest BCUT2D eigenvalue weighted by Gasteiger charge is 2.27. The average Bonchev–Trinajstić information content (AvgIpc) is 2.68. The molecule has 1 atom stereocenters. The van der Waals surface area contributed by atoms with Gasteiger partial charge in [0.2, 0.25) is 5.91 Å². The minimum absolute atomic E-state index is 0. The number of carbonyl (C=O) groups is 1. The van der Waals surface area contributed by atoms with E-state index < -0.39 is 0 Å². The quantitative estimate of drug-likeness (QED) is 0.742. The zero-order valence-corrected chi connectivity index (χ0v) is 17.5. The maximum absolute atomic E-state index is 12.7. The summed E-state index contributed by atoms with van der Waals surface area (Å²) < 4.78 is 10.8. The zero-order chi connectivity index (χ0) is 19.2. The molecule has 0 saturated carbocycles. The molecule has 1 heterocycles. The van der Waals surface area contributed by atoms with Crippen LogP contribution >= 0.6 is 24.0 Å². The van der Waals surface area contributed by atoms with Gasteiger partial charge in [0.25, 0.3) is 0 Å². The number of nitrogens with zero attached hydrogens (tertiary/aromatic N) is 1. The fourth-order valence-corrected chi connectivity index (χ4v) is 3.51. The molecule has 1 saturated heterocycles. The Kier molecular flexibility index (Phi) is 8.38. The van der Waals surface area contributed by atoms with E-state index >= 15 is 0 Å². The number of nitrogens with one attached hydrogen (secondary N) is 2. The van der Waals surface area contributed by atoms with E-state index in [9.17, 15) is 4.79 Å². The van der Waals surface area contributed by atoms with E-state index in [1.165, 1.54) is 0 Å². The molecule has 8 heteroatoms. The summed E-state index contributed by atoms with van der Waals surface area (Å²) in [6.07, 6.45) is 0. The van der Waals surface area contributed by atoms with Gasteiger partial charge in [-0.25, -0.2) is 0 Å². The normalized spacial score (nSPS) is 16.8. The van der Waals surface area contributed by atoms with Crippen molar-refractivity contribution in [1.82, 2.24) is 10.2 Å². The lowest BCUT2D eigenvalue weighted by Gasteiger charge is -2.36. The third kappa shape index (κ3) is 5.29. The molecule has 1 unspecified atom stereocenters. The van der Waals surface area contributed by atoms with Gasteiger partial charge in [0.15, 0.2) is 0 Å². The Bertz CT molecular complexity index is 804. The number of rotatable bonds is 6. The van der Waals surface area contributed by atoms with Crippen molar-refractivity contribution in [3.8, 4) is 11.5 Å². The summed E-state index contributed by atoms with van der Waals surface area (Å²) in [5.41, 5.74) is 1.64. The Balaban J connectivity index is 0.00000280. The Hall–Kier alpha value is -1.99. The van der Waals surface area contributed by atoms with E-state index in [4.69, 9.17) is 21.1 Å². The molecular formula is C20H25Cl2N3O3. The number of hydrogen-bond donors (Lipinski definition) is 2. The predicted molar refractivity (Wildman–Crippen MR) is 114 cm³/mol. The van der Waals surface area contributed by atoms with Crippen molar-refractivity contribution in [3.63, 3.8) is 0 Å². The van der Waals surface area contributed by atoms with Crippen LogP contribution in [0.25, 0.3) is 0 Å². The Morgan fingerprint density at radius 3 is 2.71 bits per heavy atom. The topological polar surface area (TPSA) is 62.8 Å². The molecule has 1 amide bonds. The molecule has 0 aromatic heterocycles. The summed E-state index contributed by atoms with van der Waals surface area (Å²) in [5.74, 6) is 1.29. The molecule has 2 N–H and O–H groups in total. The summed E-state index contributed by atoms with van der Waals surface area (Å²) in [6.45, 7) is 2.62. The molecule has 0 spiro atoms. The maximum Gasteiger partial charge on any atom is 0.238 e. The summed E-state index contributed by atoms with van der Waals surface area (Å²) in [7, 11) is 3.23. The molecule has 3 rings (SSSR count). The standard InChI is InChI=1S/C20H24ClN3O3.ClH/c1-26-18-6-4-3-5-15(18)17-12-22-9-10-24(17)13-20(25)23-16-11-14(21)7-8-19(16)27-2;/h3-8,11,17,22H,9-10,12-13H2,1-2H3,(H,23,25);1H. The lowest BCUT2D eigenvalue weighted by Crippen LogP contribution is -2.48. The van der Waals surface area contributed by atoms with E-state index in [1.807, 2.05) is 24.3 Å². The largest absolute Gasteiger partial charge is 0.496 e. The zero-order valence-electron chi connectivity index (χ0n) is 15.9. The molecule has 0 aliphatic carbocycles. The van der Waals surface area contributed by atoms with Gasteiger partial charge in [-0.3, -0.25) is 9.69 Å². The van der Waals surface area contributed by atoms with Gasteiger partial charge in [0.05, 0.1) is 32.5 Å². The molecule has 1 aliphatic rings. The van der Waals surface area contributed by atoms with Gasteiger partial charge >= 0.3 is 0 Å². The highest BCUT2D eigenvalue weighted by Crippen LogP contribution is 2.31. The number of hydrogen-bond acceptors (Lipinski definition) is 5. The first kappa shape index (κ1) is 22.3. The predicted octanol–water partition coefficient (Wildman–Crippen LogP) is 3.36. The first-order valence-corrected chi connectivity index (χ1v) is 9.21. The molecule has 152 valence electrons. The van der Waals surface area contributed by atoms with E-state index in [-0.39, 0.29) is 30.9 Å². The van der Waals surface area contributed by atoms with E-state index in [2.05, 4.69) is 15.5 Å². The van der Waals surface area contributed by atoms with Crippen LogP contribution in [0.1, 0.15) is 11.6 Å². The minimum atomic E-state index is -0.114. The number of piperazine rings is 1. The summed E-state index contributed by atoms with van der Waals surface area (Å²) >= 11 is 6.05. The van der Waals surface area contributed by atoms with Crippen molar-refractivity contribution in [3.05, 3.63) is 53.1 Å². The molecular weight excluding hydrogens is 401 g/mol. The van der Waals surface area contributed by atoms with Crippen molar-refractivity contribution in [2.24, 2.45) is 0 Å². The van der Waals surface area contributed by atoms with E-state index in [0.29, 0.717) is 16.5 Å². The van der Waals surface area contributed by atoms with Crippen molar-refractivity contribution >= 4 is 35.6 Å². The van der Waals surface area contributed by atoms with Gasteiger partial charge in [-0.15, -0.1) is 12.4 Å². The van der Waals surface area contributed by atoms with Gasteiger partial charge in [-0.05, 0) is 24.3 Å². The van der Waals surface area contributed by atoms with E-state index in [1.54, 1.807) is 32.4 Å². The Labute approximate surface area is 176 Å². The molecule has 0 radical (unpaired) electrons. The molecule has 2 aromatic carbocycles. The second-order valence-electron chi connectivity index (χ2n) is 6.33. The number of ether oxygens (including phenoxy) is 2. The number of methoxy groups -OCH3 is 2. The number of benzene rings is 2. The second-order valence-corrected chi connectivity index (χ2v) is 6.76. The monoisotopic (exact) mass is 425 g/mol. The smallest absolute Gasteiger partial charge is 0.238 e. The SMILES string of the molecule is COc1ccc(Cl)cc1NC(=O)CN1CCNCC1c1ccccc1OC.Cl. The van der Waals surface area contributed by atoms with Crippen LogP contribution < -0.4 is 20.1 Å². The van der Waals surface area contributed by atoms with Crippen LogP contribution in [0.3, 0.4) is 0 Å². The first-order valence-electron chi connectivity index (χ1n) is 8.83. The number of carbonyl (C=O) groups excluding carboxylic acids is 1. The van der Waals surface area contributed by atoms with Crippen LogP contribution in [0.2, 0.25) is 5.02 Å². The number of para-hydroxylation sites is 1. The van der Waals surface area contributed by atoms with Crippen molar-refractivity contribution in [1.29, 1.82) is 0 Å². The molecule has 1 aliphatic heterocycles. The Morgan fingerprint density at radius 2 is 1.96 bits per heavy atom. The summed E-state index contributed by atoms with van der Waals surface area (Å²) in [4.78, 5) is 14.8. The van der Waals surface area contributed by atoms with Crippen LogP contribution in [-0.4, -0.2) is 51.2 Å². The lowest BCUT2D eigenvalue weighted by molar-refractivity contribution is -0.118. The molecule has 2 aromatic rings. The highest BCUT2D eigenvalue weighted by molar-refractivity contribution is 6.31. The van der Waals surface area contributed by atoms with Crippen LogP contribution in [0.5, 0.6) is 11.5 Å². The summed E-state index contributed by atoms with van der Waals surface area (Å²) in [6, 6.07) is 13.1. The second kappa shape index (κ2) is 10.5. The third-order valence-corrected chi connectivity index (χ3v) is 4.87. The number of anilines is 1. The average molecular weight is 426 g/mol. The molecule has 28 heavy (non-hydrogen) atoms. The van der Waals surface area contributed by atoms with Gasteiger partial charge in [-0.1, -0.05) is 29.8 Å². The van der Waals surface area contributed by atoms with Crippen molar-refractivity contribution in [2.45, 2.75) is 6.04 Å². The fourth-order valence-electron chi connectivity index (χ4n) is 3.34. The van der Waals surface area contributed by atoms with Crippen molar-refractivity contribution in [2.75, 3.05) is 45.7 Å². The maximum atomic E-state index is 12.7. The third-order valence-electron chi connectivity index (χ3n) is 4.63. The summed E-state index contributed by atoms with van der Waals surface area (Å²) in [5, 5.41) is 6.85. The van der Waals surface area contributed by atoms with Crippen LogP contribution in [-0.2, 0) is 4.79 Å². The van der Waals surface area contributed by atoms with Gasteiger partial charge in [0, 0.05) is 30.2 Å². The van der Waals surface area contributed by atoms with Gasteiger partial charge in [-0.2, -0.15) is 0 Å². The lowest BCUT2D eigenvalue weighted by atomic mass is 10.0. The van der Waals surface area contributed by atoms with Crippen LogP contribution in [0, 0.1) is 0 Å². The van der Waals surface area contributed by atoms with Crippen LogP contribution in [0.4, 0.5) is 5.69 Å². The molecule has 0 bridgehead atoms. The minimum Gasteiger partial charge on any atom is -0.496 e.